The second kappa shape index (κ2) is 7.62. The van der Waals surface area contributed by atoms with Crippen LogP contribution in [0.25, 0.3) is 10.4 Å². The molecule has 0 radical (unpaired) electrons. The number of ketones is 1. The molecular weight excluding hydrogens is 326 g/mol. The van der Waals surface area contributed by atoms with Crippen LogP contribution in [0.3, 0.4) is 0 Å². The normalized spacial score (nSPS) is 9.76. The molecule has 2 aromatic carbocycles. The van der Waals surface area contributed by atoms with Gasteiger partial charge in [-0.25, -0.2) is 0 Å². The van der Waals surface area contributed by atoms with Gasteiger partial charge in [0.05, 0.1) is 16.5 Å². The minimum Gasteiger partial charge on any atom is -0.294 e. The molecule has 0 N–H and O–H groups in total. The first kappa shape index (κ1) is 16.7. The topological polar surface area (TPSA) is 40.9 Å². The van der Waals surface area contributed by atoms with E-state index in [1.807, 2.05) is 55.5 Å². The smallest absolute Gasteiger partial charge is 0.163 e. The quantitative estimate of drug-likeness (QED) is 0.480. The number of nitrogens with zero attached hydrogens (tertiary/aromatic N) is 1. The standard InChI is InChI=1S/C22H15NOS/c1-2-21(24)19-5-3-4-6-20(19)22-14-13-18(25-22)12-11-16-7-9-17(15-23)10-8-16/h3-10,13-14H,2H2,1H3. The van der Waals surface area contributed by atoms with Crippen LogP contribution in [-0.2, 0) is 0 Å². The Bertz CT molecular complexity index is 1010. The van der Waals surface area contributed by atoms with Crippen molar-refractivity contribution < 1.29 is 4.79 Å². The first-order valence-corrected chi connectivity index (χ1v) is 8.77. The fourth-order valence-electron chi connectivity index (χ4n) is 2.44. The largest absolute Gasteiger partial charge is 0.294 e. The Kier molecular flexibility index (Phi) is 5.09. The molecule has 0 aliphatic rings. The SMILES string of the molecule is CCC(=O)c1ccccc1-c1ccc(C#Cc2ccc(C#N)cc2)s1. The number of nitriles is 1. The zero-order chi connectivity index (χ0) is 17.6. The van der Waals surface area contributed by atoms with Crippen LogP contribution in [0.5, 0.6) is 0 Å². The van der Waals surface area contributed by atoms with Crippen molar-refractivity contribution in [3.05, 3.63) is 82.2 Å². The van der Waals surface area contributed by atoms with Crippen LogP contribution in [-0.4, -0.2) is 5.78 Å². The van der Waals surface area contributed by atoms with Crippen molar-refractivity contribution in [3.8, 4) is 28.4 Å². The lowest BCUT2D eigenvalue weighted by Crippen LogP contribution is -1.98. The van der Waals surface area contributed by atoms with Crippen LogP contribution in [0.1, 0.15) is 39.7 Å². The number of benzene rings is 2. The van der Waals surface area contributed by atoms with Crippen molar-refractivity contribution >= 4 is 17.1 Å². The first-order chi connectivity index (χ1) is 12.2. The molecule has 0 aliphatic carbocycles. The van der Waals surface area contributed by atoms with Crippen LogP contribution >= 0.6 is 11.3 Å². The number of hydrogen-bond acceptors (Lipinski definition) is 3. The van der Waals surface area contributed by atoms with E-state index in [9.17, 15) is 4.79 Å². The van der Waals surface area contributed by atoms with Crippen molar-refractivity contribution in [2.45, 2.75) is 13.3 Å². The van der Waals surface area contributed by atoms with E-state index in [4.69, 9.17) is 5.26 Å². The van der Waals surface area contributed by atoms with Crippen LogP contribution < -0.4 is 0 Å². The number of Topliss-reactive ketones (excluding diaryl/α,β-unsaturated/α-hetero) is 1. The molecule has 25 heavy (non-hydrogen) atoms. The molecule has 0 saturated heterocycles. The van der Waals surface area contributed by atoms with E-state index in [2.05, 4.69) is 17.9 Å². The van der Waals surface area contributed by atoms with E-state index in [0.29, 0.717) is 12.0 Å². The highest BCUT2D eigenvalue weighted by Crippen LogP contribution is 2.31. The minimum atomic E-state index is 0.147. The van der Waals surface area contributed by atoms with E-state index in [0.717, 1.165) is 26.4 Å². The summed E-state index contributed by atoms with van der Waals surface area (Å²) in [7, 11) is 0. The number of carbonyl (C=O) groups is 1. The second-order valence-corrected chi connectivity index (χ2v) is 6.51. The number of hydrogen-bond donors (Lipinski definition) is 0. The third kappa shape index (κ3) is 3.86. The summed E-state index contributed by atoms with van der Waals surface area (Å²) in [4.78, 5) is 14.1. The Labute approximate surface area is 151 Å². The fourth-order valence-corrected chi connectivity index (χ4v) is 3.34. The molecule has 1 heterocycles. The molecule has 1 aromatic heterocycles. The molecule has 0 spiro atoms. The van der Waals surface area contributed by atoms with Crippen LogP contribution in [0.15, 0.2) is 60.7 Å². The molecule has 0 atom stereocenters. The fraction of sp³-hybridized carbons (Fsp3) is 0.0909. The van der Waals surface area contributed by atoms with Gasteiger partial charge >= 0.3 is 0 Å². The van der Waals surface area contributed by atoms with E-state index in [-0.39, 0.29) is 5.78 Å². The van der Waals surface area contributed by atoms with Crippen molar-refractivity contribution in [3.63, 3.8) is 0 Å². The molecule has 3 heteroatoms. The van der Waals surface area contributed by atoms with Gasteiger partial charge in [-0.05, 0) is 36.4 Å². The average Bonchev–Trinajstić information content (AvgIpc) is 3.15. The van der Waals surface area contributed by atoms with E-state index in [1.54, 1.807) is 23.5 Å². The molecular formula is C22H15NOS. The van der Waals surface area contributed by atoms with Crippen molar-refractivity contribution in [1.82, 2.24) is 0 Å². The van der Waals surface area contributed by atoms with Crippen molar-refractivity contribution in [2.24, 2.45) is 0 Å². The third-order valence-electron chi connectivity index (χ3n) is 3.76. The Morgan fingerprint density at radius 3 is 2.40 bits per heavy atom. The van der Waals surface area contributed by atoms with Gasteiger partial charge < -0.3 is 0 Å². The Morgan fingerprint density at radius 1 is 0.960 bits per heavy atom. The zero-order valence-corrected chi connectivity index (χ0v) is 14.6. The number of thiophene rings is 1. The van der Waals surface area contributed by atoms with Gasteiger partial charge in [0.15, 0.2) is 5.78 Å². The van der Waals surface area contributed by atoms with Gasteiger partial charge in [0.1, 0.15) is 0 Å². The summed E-state index contributed by atoms with van der Waals surface area (Å²) < 4.78 is 0. The highest BCUT2D eigenvalue weighted by molar-refractivity contribution is 7.16. The molecule has 2 nitrogen and oxygen atoms in total. The van der Waals surface area contributed by atoms with Crippen LogP contribution in [0, 0.1) is 23.2 Å². The summed E-state index contributed by atoms with van der Waals surface area (Å²) in [6, 6.07) is 21.0. The van der Waals surface area contributed by atoms with E-state index < -0.39 is 0 Å². The van der Waals surface area contributed by atoms with E-state index in [1.165, 1.54) is 0 Å². The van der Waals surface area contributed by atoms with Gasteiger partial charge in [-0.3, -0.25) is 4.79 Å². The number of carbonyl (C=O) groups excluding carboxylic acids is 1. The Balaban J connectivity index is 1.88. The van der Waals surface area contributed by atoms with Gasteiger partial charge in [0.2, 0.25) is 0 Å². The Morgan fingerprint density at radius 2 is 1.68 bits per heavy atom. The van der Waals surface area contributed by atoms with Gasteiger partial charge in [-0.1, -0.05) is 43.0 Å². The molecule has 0 aliphatic heterocycles. The lowest BCUT2D eigenvalue weighted by molar-refractivity contribution is 0.0989. The summed E-state index contributed by atoms with van der Waals surface area (Å²) in [6.07, 6.45) is 0.494. The molecule has 0 unspecified atom stereocenters. The van der Waals surface area contributed by atoms with Crippen LogP contribution in [0.2, 0.25) is 0 Å². The monoisotopic (exact) mass is 341 g/mol. The summed E-state index contributed by atoms with van der Waals surface area (Å²) in [6.45, 7) is 1.88. The van der Waals surface area contributed by atoms with Gasteiger partial charge in [-0.15, -0.1) is 11.3 Å². The van der Waals surface area contributed by atoms with Gasteiger partial charge in [0.25, 0.3) is 0 Å². The second-order valence-electron chi connectivity index (χ2n) is 5.43. The minimum absolute atomic E-state index is 0.147. The van der Waals surface area contributed by atoms with Crippen molar-refractivity contribution in [2.75, 3.05) is 0 Å². The Hall–Kier alpha value is -3.14. The highest BCUT2D eigenvalue weighted by Gasteiger charge is 2.11. The molecule has 0 saturated carbocycles. The predicted molar refractivity (Wildman–Crippen MR) is 102 cm³/mol. The average molecular weight is 341 g/mol. The summed E-state index contributed by atoms with van der Waals surface area (Å²) in [5.74, 6) is 6.41. The zero-order valence-electron chi connectivity index (χ0n) is 13.7. The maximum atomic E-state index is 12.1. The lowest BCUT2D eigenvalue weighted by Gasteiger charge is -2.05. The highest BCUT2D eigenvalue weighted by atomic mass is 32.1. The van der Waals surface area contributed by atoms with Gasteiger partial charge in [-0.2, -0.15) is 5.26 Å². The summed E-state index contributed by atoms with van der Waals surface area (Å²) in [5, 5.41) is 8.82. The lowest BCUT2D eigenvalue weighted by atomic mass is 10.0. The van der Waals surface area contributed by atoms with Crippen molar-refractivity contribution in [1.29, 1.82) is 5.26 Å². The first-order valence-electron chi connectivity index (χ1n) is 7.96. The molecule has 3 aromatic rings. The summed E-state index contributed by atoms with van der Waals surface area (Å²) >= 11 is 1.58. The maximum Gasteiger partial charge on any atom is 0.163 e. The molecule has 0 fully saturated rings. The molecule has 120 valence electrons. The summed E-state index contributed by atoms with van der Waals surface area (Å²) in [5.41, 5.74) is 3.22. The maximum absolute atomic E-state index is 12.1. The van der Waals surface area contributed by atoms with E-state index >= 15 is 0 Å². The number of rotatable bonds is 3. The van der Waals surface area contributed by atoms with Gasteiger partial charge in [0, 0.05) is 28.0 Å². The van der Waals surface area contributed by atoms with Crippen LogP contribution in [0.4, 0.5) is 0 Å². The molecule has 0 amide bonds. The third-order valence-corrected chi connectivity index (χ3v) is 4.80. The predicted octanol–water partition coefficient (Wildman–Crippen LogP) is 5.28. The molecule has 0 bridgehead atoms. The molecule has 3 rings (SSSR count).